The molecule has 2 N–H and O–H groups in total. The van der Waals surface area contributed by atoms with Crippen molar-refractivity contribution in [3.05, 3.63) is 5.57 Å². The highest BCUT2D eigenvalue weighted by Crippen LogP contribution is 2.46. The zero-order valence-corrected chi connectivity index (χ0v) is 12.3. The molecule has 2 fully saturated rings. The van der Waals surface area contributed by atoms with Crippen LogP contribution in [0.15, 0.2) is 5.57 Å². The molecule has 0 saturated carbocycles. The van der Waals surface area contributed by atoms with Crippen LogP contribution >= 0.6 is 12.2 Å². The minimum Gasteiger partial charge on any atom is -0.315 e. The van der Waals surface area contributed by atoms with Gasteiger partial charge in [0, 0.05) is 5.41 Å². The lowest BCUT2D eigenvalue weighted by Gasteiger charge is -2.46. The van der Waals surface area contributed by atoms with Gasteiger partial charge in [-0.1, -0.05) is 19.1 Å². The van der Waals surface area contributed by atoms with Crippen LogP contribution in [0.4, 0.5) is 0 Å². The van der Waals surface area contributed by atoms with E-state index in [-0.39, 0.29) is 10.9 Å². The van der Waals surface area contributed by atoms with Crippen LogP contribution < -0.4 is 5.32 Å². The normalized spacial score (nSPS) is 26.0. The molecule has 1 amide bonds. The SMILES string of the molecule is CCCN1CCC2(CC1)C(=C=N)C(=S)NC(=O)[C@H]2C#N. The molecule has 0 aromatic carbocycles. The van der Waals surface area contributed by atoms with Crippen molar-refractivity contribution in [1.29, 1.82) is 10.7 Å². The topological polar surface area (TPSA) is 80.0 Å². The summed E-state index contributed by atoms with van der Waals surface area (Å²) in [4.78, 5) is 14.6. The minimum absolute atomic E-state index is 0.264. The fourth-order valence-electron chi connectivity index (χ4n) is 3.26. The van der Waals surface area contributed by atoms with Crippen LogP contribution in [0.1, 0.15) is 26.2 Å². The fraction of sp³-hybridized carbons (Fsp3) is 0.643. The lowest BCUT2D eigenvalue weighted by Crippen LogP contribution is -2.56. The summed E-state index contributed by atoms with van der Waals surface area (Å²) in [5, 5.41) is 19.4. The van der Waals surface area contributed by atoms with Crippen molar-refractivity contribution in [3.8, 4) is 6.07 Å². The summed E-state index contributed by atoms with van der Waals surface area (Å²) in [6.45, 7) is 4.81. The number of nitriles is 1. The van der Waals surface area contributed by atoms with Crippen LogP contribution in [0.2, 0.25) is 0 Å². The number of nitrogens with zero attached hydrogens (tertiary/aromatic N) is 2. The van der Waals surface area contributed by atoms with E-state index in [9.17, 15) is 10.1 Å². The van der Waals surface area contributed by atoms with Gasteiger partial charge in [-0.15, -0.1) is 0 Å². The molecule has 20 heavy (non-hydrogen) atoms. The van der Waals surface area contributed by atoms with Gasteiger partial charge in [0.2, 0.25) is 5.91 Å². The van der Waals surface area contributed by atoms with E-state index in [2.05, 4.69) is 29.1 Å². The Kier molecular flexibility index (Phi) is 4.34. The minimum atomic E-state index is -0.772. The second-order valence-corrected chi connectivity index (χ2v) is 5.79. The first kappa shape index (κ1) is 14.9. The summed E-state index contributed by atoms with van der Waals surface area (Å²) in [5.74, 6) is 1.28. The molecule has 1 atom stereocenters. The maximum atomic E-state index is 12.0. The molecule has 0 aromatic heterocycles. The number of nitrogens with one attached hydrogen (secondary N) is 2. The third-order valence-electron chi connectivity index (χ3n) is 4.32. The number of hydrogen-bond donors (Lipinski definition) is 2. The molecule has 2 heterocycles. The highest BCUT2D eigenvalue weighted by atomic mass is 32.1. The molecule has 0 bridgehead atoms. The Bertz CT molecular complexity index is 522. The predicted octanol–water partition coefficient (Wildman–Crippen LogP) is 1.25. The van der Waals surface area contributed by atoms with Crippen molar-refractivity contribution < 1.29 is 4.79 Å². The summed E-state index contributed by atoms with van der Waals surface area (Å²) in [6, 6.07) is 2.11. The zero-order valence-electron chi connectivity index (χ0n) is 11.5. The molecule has 0 aliphatic carbocycles. The van der Waals surface area contributed by atoms with Crippen molar-refractivity contribution in [2.24, 2.45) is 11.3 Å². The van der Waals surface area contributed by atoms with Crippen LogP contribution in [0, 0.1) is 28.1 Å². The molecule has 0 unspecified atom stereocenters. The Balaban J connectivity index is 2.34. The van der Waals surface area contributed by atoms with Gasteiger partial charge in [0.1, 0.15) is 10.9 Å². The molecule has 2 aliphatic rings. The van der Waals surface area contributed by atoms with Crippen molar-refractivity contribution >= 4 is 29.0 Å². The second-order valence-electron chi connectivity index (χ2n) is 5.38. The van der Waals surface area contributed by atoms with Crippen LogP contribution in [0.25, 0.3) is 0 Å². The second kappa shape index (κ2) is 5.84. The van der Waals surface area contributed by atoms with E-state index in [0.717, 1.165) is 26.1 Å². The maximum Gasteiger partial charge on any atom is 0.243 e. The molecule has 0 radical (unpaired) electrons. The van der Waals surface area contributed by atoms with Crippen LogP contribution in [0.5, 0.6) is 0 Å². The largest absolute Gasteiger partial charge is 0.315 e. The first-order valence-electron chi connectivity index (χ1n) is 6.86. The van der Waals surface area contributed by atoms with Gasteiger partial charge in [0.05, 0.1) is 11.6 Å². The van der Waals surface area contributed by atoms with Gasteiger partial charge in [-0.05, 0) is 44.8 Å². The molecule has 1 spiro atoms. The van der Waals surface area contributed by atoms with E-state index in [1.54, 1.807) is 0 Å². The van der Waals surface area contributed by atoms with Crippen molar-refractivity contribution in [2.75, 3.05) is 19.6 Å². The van der Waals surface area contributed by atoms with Crippen molar-refractivity contribution in [1.82, 2.24) is 10.2 Å². The number of rotatable bonds is 2. The van der Waals surface area contributed by atoms with Gasteiger partial charge >= 0.3 is 0 Å². The number of hydrogen-bond acceptors (Lipinski definition) is 5. The van der Waals surface area contributed by atoms with Crippen molar-refractivity contribution in [3.63, 3.8) is 0 Å². The monoisotopic (exact) mass is 290 g/mol. The highest BCUT2D eigenvalue weighted by Gasteiger charge is 2.52. The number of thiocarbonyl (C=S) groups is 1. The Hall–Kier alpha value is -1.54. The van der Waals surface area contributed by atoms with E-state index >= 15 is 0 Å². The number of carbonyl (C=O) groups is 1. The molecule has 0 aromatic rings. The number of likely N-dealkylation sites (tertiary alicyclic amines) is 1. The lowest BCUT2D eigenvalue weighted by molar-refractivity contribution is -0.126. The van der Waals surface area contributed by atoms with E-state index in [4.69, 9.17) is 17.6 Å². The molecule has 2 saturated heterocycles. The molecule has 5 nitrogen and oxygen atoms in total. The first-order chi connectivity index (χ1) is 9.58. The number of carbonyl (C=O) groups excluding carboxylic acids is 1. The van der Waals surface area contributed by atoms with E-state index in [1.807, 2.05) is 0 Å². The molecule has 2 rings (SSSR count). The lowest BCUT2D eigenvalue weighted by atomic mass is 9.62. The molecule has 2 aliphatic heterocycles. The first-order valence-corrected chi connectivity index (χ1v) is 7.27. The van der Waals surface area contributed by atoms with E-state index in [1.165, 1.54) is 0 Å². The van der Waals surface area contributed by atoms with Crippen molar-refractivity contribution in [2.45, 2.75) is 26.2 Å². The Labute approximate surface area is 124 Å². The number of amides is 1. The van der Waals surface area contributed by atoms with Gasteiger partial charge in [-0.25, -0.2) is 0 Å². The summed E-state index contributed by atoms with van der Waals surface area (Å²) in [5.41, 5.74) is -0.102. The summed E-state index contributed by atoms with van der Waals surface area (Å²) >= 11 is 5.16. The fourth-order valence-corrected chi connectivity index (χ4v) is 3.62. The van der Waals surface area contributed by atoms with Crippen LogP contribution in [-0.2, 0) is 4.79 Å². The van der Waals surface area contributed by atoms with Gasteiger partial charge in [0.25, 0.3) is 0 Å². The van der Waals surface area contributed by atoms with Gasteiger partial charge < -0.3 is 10.2 Å². The van der Waals surface area contributed by atoms with Gasteiger partial charge in [0.15, 0.2) is 0 Å². The molecular formula is C14H18N4OS. The average Bonchev–Trinajstić information content (AvgIpc) is 2.42. The molecule has 6 heteroatoms. The predicted molar refractivity (Wildman–Crippen MR) is 79.5 cm³/mol. The third-order valence-corrected chi connectivity index (χ3v) is 4.62. The summed E-state index contributed by atoms with van der Waals surface area (Å²) < 4.78 is 0. The van der Waals surface area contributed by atoms with Crippen LogP contribution in [-0.4, -0.2) is 41.3 Å². The highest BCUT2D eigenvalue weighted by molar-refractivity contribution is 7.80. The van der Waals surface area contributed by atoms with Gasteiger partial charge in [-0.2, -0.15) is 5.26 Å². The quantitative estimate of drug-likeness (QED) is 0.456. The summed E-state index contributed by atoms with van der Waals surface area (Å²) in [6.07, 6.45) is 2.45. The standard InChI is InChI=1S/C14H18N4OS/c1-2-5-18-6-3-14(4-7-18)10(8-15)12(19)17-13(20)11(14)9-16/h10,16H,2-7H2,1H3,(H,17,19,20)/t10-/m1/s1. The van der Waals surface area contributed by atoms with Crippen LogP contribution in [0.3, 0.4) is 0 Å². The van der Waals surface area contributed by atoms with E-state index in [0.29, 0.717) is 18.4 Å². The Morgan fingerprint density at radius 2 is 2.20 bits per heavy atom. The van der Waals surface area contributed by atoms with E-state index < -0.39 is 11.3 Å². The van der Waals surface area contributed by atoms with Gasteiger partial charge in [-0.3, -0.25) is 10.2 Å². The molecule has 106 valence electrons. The average molecular weight is 290 g/mol. The maximum absolute atomic E-state index is 12.0. The molecular weight excluding hydrogens is 272 g/mol. The zero-order chi connectivity index (χ0) is 14.8. The Morgan fingerprint density at radius 1 is 1.55 bits per heavy atom. The summed E-state index contributed by atoms with van der Waals surface area (Å²) in [7, 11) is 0. The Morgan fingerprint density at radius 3 is 2.70 bits per heavy atom. The smallest absolute Gasteiger partial charge is 0.243 e. The number of piperidine rings is 2. The third kappa shape index (κ3) is 2.29.